The number of aryl methyl sites for hydroxylation is 2. The van der Waals surface area contributed by atoms with Gasteiger partial charge in [-0.1, -0.05) is 56.3 Å². The van der Waals surface area contributed by atoms with Crippen LogP contribution in [0.25, 0.3) is 28.4 Å². The van der Waals surface area contributed by atoms with Gasteiger partial charge in [-0.05, 0) is 56.4 Å². The molecule has 0 radical (unpaired) electrons. The highest BCUT2D eigenvalue weighted by Crippen LogP contribution is 2.29. The molecule has 2 aromatic carbocycles. The Morgan fingerprint density at radius 2 is 1.72 bits per heavy atom. The van der Waals surface area contributed by atoms with Crippen LogP contribution in [0.15, 0.2) is 60.0 Å². The average molecular weight is 446 g/mol. The molecule has 0 aliphatic heterocycles. The van der Waals surface area contributed by atoms with Gasteiger partial charge >= 0.3 is 0 Å². The summed E-state index contributed by atoms with van der Waals surface area (Å²) >= 11 is 1.73. The number of para-hydroxylation sites is 2. The fourth-order valence-electron chi connectivity index (χ4n) is 3.41. The van der Waals surface area contributed by atoms with E-state index in [1.54, 1.807) is 18.4 Å². The number of allylic oxidation sites excluding steroid dienone is 1. The molecule has 0 amide bonds. The summed E-state index contributed by atoms with van der Waals surface area (Å²) in [5.41, 5.74) is 5.85. The standard InChI is InChI=1S/C25H25N3OS.C2H6/c1-18-26-21(17-30-18)13-6-4-3-5-10-19-11-9-12-20(16-19)24-25(29-2)28-23-15-8-7-14-22(23)27-24;1-2/h5,7-12,14-17H,3-4,6,13H2,1-2H3;1-2H3/b10-5+;. The van der Waals surface area contributed by atoms with E-state index in [9.17, 15) is 0 Å². The van der Waals surface area contributed by atoms with Crippen molar-refractivity contribution >= 4 is 28.4 Å². The first-order chi connectivity index (χ1) is 15.7. The monoisotopic (exact) mass is 445 g/mol. The predicted octanol–water partition coefficient (Wildman–Crippen LogP) is 7.52. The predicted molar refractivity (Wildman–Crippen MR) is 136 cm³/mol. The lowest BCUT2D eigenvalue weighted by Crippen LogP contribution is -1.96. The van der Waals surface area contributed by atoms with Gasteiger partial charge in [0, 0.05) is 10.9 Å². The van der Waals surface area contributed by atoms with Gasteiger partial charge in [0.2, 0.25) is 5.88 Å². The Morgan fingerprint density at radius 1 is 0.938 bits per heavy atom. The second-order valence-corrected chi connectivity index (χ2v) is 8.26. The first-order valence-electron chi connectivity index (χ1n) is 11.2. The van der Waals surface area contributed by atoms with Crippen molar-refractivity contribution in [3.8, 4) is 17.1 Å². The van der Waals surface area contributed by atoms with E-state index in [1.165, 1.54) is 5.69 Å². The molecule has 2 heterocycles. The van der Waals surface area contributed by atoms with Crippen LogP contribution in [0.2, 0.25) is 0 Å². The quantitative estimate of drug-likeness (QED) is 0.263. The highest BCUT2D eigenvalue weighted by atomic mass is 32.1. The van der Waals surface area contributed by atoms with Crippen molar-refractivity contribution < 1.29 is 4.74 Å². The first kappa shape index (κ1) is 23.6. The van der Waals surface area contributed by atoms with Gasteiger partial charge in [0.05, 0.1) is 28.8 Å². The van der Waals surface area contributed by atoms with Crippen LogP contribution in [0, 0.1) is 6.92 Å². The molecule has 2 aromatic heterocycles. The Labute approximate surface area is 195 Å². The molecule has 0 aliphatic carbocycles. The molecule has 0 N–H and O–H groups in total. The van der Waals surface area contributed by atoms with Crippen molar-refractivity contribution in [2.45, 2.75) is 46.5 Å². The van der Waals surface area contributed by atoms with Crippen molar-refractivity contribution in [1.29, 1.82) is 0 Å². The third-order valence-electron chi connectivity index (χ3n) is 4.92. The van der Waals surface area contributed by atoms with E-state index in [2.05, 4.69) is 58.7 Å². The molecule has 0 fully saturated rings. The summed E-state index contributed by atoms with van der Waals surface area (Å²) in [7, 11) is 1.64. The van der Waals surface area contributed by atoms with Gasteiger partial charge < -0.3 is 4.74 Å². The molecule has 0 saturated heterocycles. The van der Waals surface area contributed by atoms with Crippen LogP contribution in [-0.4, -0.2) is 22.1 Å². The molecule has 32 heavy (non-hydrogen) atoms. The molecular weight excluding hydrogens is 414 g/mol. The molecule has 0 spiro atoms. The molecule has 166 valence electrons. The summed E-state index contributed by atoms with van der Waals surface area (Å²) in [4.78, 5) is 13.9. The Morgan fingerprint density at radius 3 is 2.44 bits per heavy atom. The van der Waals surface area contributed by atoms with E-state index in [1.807, 2.05) is 38.1 Å². The van der Waals surface area contributed by atoms with E-state index in [4.69, 9.17) is 9.72 Å². The summed E-state index contributed by atoms with van der Waals surface area (Å²) in [6.07, 6.45) is 8.88. The number of ether oxygens (including phenoxy) is 1. The number of unbranched alkanes of at least 4 members (excludes halogenated alkanes) is 2. The maximum absolute atomic E-state index is 5.52. The van der Waals surface area contributed by atoms with Crippen LogP contribution in [0.1, 0.15) is 49.4 Å². The first-order valence-corrected chi connectivity index (χ1v) is 12.1. The third kappa shape index (κ3) is 6.24. The normalized spacial score (nSPS) is 10.9. The largest absolute Gasteiger partial charge is 0.479 e. The molecule has 0 bridgehead atoms. The van der Waals surface area contributed by atoms with Gasteiger partial charge in [0.25, 0.3) is 0 Å². The number of nitrogens with zero attached hydrogens (tertiary/aromatic N) is 3. The molecule has 5 heteroatoms. The summed E-state index contributed by atoms with van der Waals surface area (Å²) in [5, 5.41) is 3.32. The molecule has 0 aliphatic rings. The lowest BCUT2D eigenvalue weighted by molar-refractivity contribution is 0.400. The van der Waals surface area contributed by atoms with E-state index >= 15 is 0 Å². The number of hydrogen-bond acceptors (Lipinski definition) is 5. The summed E-state index contributed by atoms with van der Waals surface area (Å²) in [6, 6.07) is 16.2. The number of hydrogen-bond donors (Lipinski definition) is 0. The topological polar surface area (TPSA) is 47.9 Å². The van der Waals surface area contributed by atoms with Crippen molar-refractivity contribution in [3.63, 3.8) is 0 Å². The van der Waals surface area contributed by atoms with E-state index in [0.29, 0.717) is 5.88 Å². The summed E-state index contributed by atoms with van der Waals surface area (Å²) in [5.74, 6) is 0.548. The maximum Gasteiger partial charge on any atom is 0.240 e. The van der Waals surface area contributed by atoms with Crippen LogP contribution >= 0.6 is 11.3 Å². The van der Waals surface area contributed by atoms with Crippen LogP contribution in [0.5, 0.6) is 5.88 Å². The van der Waals surface area contributed by atoms with Crippen molar-refractivity contribution in [2.24, 2.45) is 0 Å². The maximum atomic E-state index is 5.52. The van der Waals surface area contributed by atoms with Crippen LogP contribution in [-0.2, 0) is 6.42 Å². The zero-order chi connectivity index (χ0) is 22.8. The number of aromatic nitrogens is 3. The SMILES string of the molecule is CC.COc1nc2ccccc2nc1-c1cccc(/C=C/CCCCc2csc(C)n2)c1. The molecule has 0 saturated carbocycles. The molecule has 0 unspecified atom stereocenters. The van der Waals surface area contributed by atoms with E-state index < -0.39 is 0 Å². The van der Waals surface area contributed by atoms with Crippen molar-refractivity contribution in [2.75, 3.05) is 7.11 Å². The van der Waals surface area contributed by atoms with Gasteiger partial charge in [-0.3, -0.25) is 0 Å². The van der Waals surface area contributed by atoms with Gasteiger partial charge in [0.15, 0.2) is 0 Å². The second-order valence-electron chi connectivity index (χ2n) is 7.20. The number of rotatable bonds is 8. The fourth-order valence-corrected chi connectivity index (χ4v) is 4.06. The van der Waals surface area contributed by atoms with E-state index in [0.717, 1.165) is 58.5 Å². The highest BCUT2D eigenvalue weighted by molar-refractivity contribution is 7.09. The fraction of sp³-hybridized carbons (Fsp3) is 0.296. The summed E-state index contributed by atoms with van der Waals surface area (Å²) < 4.78 is 5.52. The number of benzene rings is 2. The van der Waals surface area contributed by atoms with Gasteiger partial charge in [0.1, 0.15) is 5.69 Å². The molecule has 4 rings (SSSR count). The minimum atomic E-state index is 0.548. The zero-order valence-electron chi connectivity index (χ0n) is 19.3. The van der Waals surface area contributed by atoms with E-state index in [-0.39, 0.29) is 0 Å². The molecule has 0 atom stereocenters. The summed E-state index contributed by atoms with van der Waals surface area (Å²) in [6.45, 7) is 6.06. The minimum Gasteiger partial charge on any atom is -0.479 e. The molecule has 4 nitrogen and oxygen atoms in total. The number of thiazole rings is 1. The Bertz CT molecular complexity index is 1170. The van der Waals surface area contributed by atoms with Crippen LogP contribution < -0.4 is 4.74 Å². The Hall–Kier alpha value is -3.05. The Kier molecular flexibility index (Phi) is 8.93. The van der Waals surface area contributed by atoms with Crippen LogP contribution in [0.3, 0.4) is 0 Å². The van der Waals surface area contributed by atoms with Gasteiger partial charge in [-0.25, -0.2) is 15.0 Å². The van der Waals surface area contributed by atoms with Crippen molar-refractivity contribution in [3.05, 3.63) is 76.3 Å². The molecular formula is C27H31N3OS. The van der Waals surface area contributed by atoms with Crippen LogP contribution in [0.4, 0.5) is 0 Å². The minimum absolute atomic E-state index is 0.548. The zero-order valence-corrected chi connectivity index (χ0v) is 20.2. The van der Waals surface area contributed by atoms with Gasteiger partial charge in [-0.2, -0.15) is 0 Å². The average Bonchev–Trinajstić information content (AvgIpc) is 3.26. The lowest BCUT2D eigenvalue weighted by atomic mass is 10.1. The second kappa shape index (κ2) is 12.1. The van der Waals surface area contributed by atoms with Gasteiger partial charge in [-0.15, -0.1) is 11.3 Å². The lowest BCUT2D eigenvalue weighted by Gasteiger charge is -2.09. The third-order valence-corrected chi connectivity index (χ3v) is 5.74. The smallest absolute Gasteiger partial charge is 0.240 e. The number of methoxy groups -OCH3 is 1. The highest BCUT2D eigenvalue weighted by Gasteiger charge is 2.11. The number of fused-ring (bicyclic) bond motifs is 1. The molecule has 4 aromatic rings. The Balaban J connectivity index is 0.00000141. The van der Waals surface area contributed by atoms with Crippen molar-refractivity contribution in [1.82, 2.24) is 15.0 Å².